The topological polar surface area (TPSA) is 40.5 Å². The highest BCUT2D eigenvalue weighted by atomic mass is 16.3. The second kappa shape index (κ2) is 6.10. The lowest BCUT2D eigenvalue weighted by molar-refractivity contribution is 0.467. The maximum absolute atomic E-state index is 9.21. The Morgan fingerprint density at radius 2 is 1.28 bits per heavy atom. The van der Waals surface area contributed by atoms with Crippen LogP contribution in [0.1, 0.15) is 22.3 Å². The van der Waals surface area contributed by atoms with E-state index in [0.717, 1.165) is 22.3 Å². The molecule has 0 unspecified atom stereocenters. The first-order valence-electron chi connectivity index (χ1n) is 5.93. The van der Waals surface area contributed by atoms with Gasteiger partial charge in [0.25, 0.3) is 0 Å². The fourth-order valence-electron chi connectivity index (χ4n) is 1.53. The molecule has 2 nitrogen and oxygen atoms in total. The highest BCUT2D eigenvalue weighted by molar-refractivity contribution is 5.38. The molecule has 0 fully saturated rings. The minimum atomic E-state index is 0.384. The Bertz CT molecular complexity index is 510. The molecular weight excluding hydrogens is 224 g/mol. The van der Waals surface area contributed by atoms with Gasteiger partial charge in [-0.1, -0.05) is 30.3 Å². The van der Waals surface area contributed by atoms with Crippen LogP contribution in [0.3, 0.4) is 0 Å². The van der Waals surface area contributed by atoms with Gasteiger partial charge in [0.1, 0.15) is 11.5 Å². The molecule has 0 saturated carbocycles. The number of hydrogen-bond donors (Lipinski definition) is 2. The van der Waals surface area contributed by atoms with Gasteiger partial charge in [0.15, 0.2) is 0 Å². The van der Waals surface area contributed by atoms with E-state index in [-0.39, 0.29) is 0 Å². The summed E-state index contributed by atoms with van der Waals surface area (Å²) in [7, 11) is 0. The van der Waals surface area contributed by atoms with Gasteiger partial charge in [0, 0.05) is 0 Å². The first kappa shape index (κ1) is 14.1. The fraction of sp³-hybridized carbons (Fsp3) is 0.250. The standard InChI is InChI=1S/2C8H10O/c1-6-3-4-7(2)8(9)5-6;1-6-4-3-5-7(2)8(6)9/h2*3-5,9H,1-2H3. The number of phenolic OH excluding ortho intramolecular Hbond substituents is 2. The van der Waals surface area contributed by atoms with Crippen LogP contribution in [-0.2, 0) is 0 Å². The van der Waals surface area contributed by atoms with Crippen molar-refractivity contribution in [3.05, 3.63) is 58.7 Å². The Hall–Kier alpha value is -1.96. The summed E-state index contributed by atoms with van der Waals surface area (Å²) >= 11 is 0. The third kappa shape index (κ3) is 3.81. The largest absolute Gasteiger partial charge is 0.508 e. The van der Waals surface area contributed by atoms with Crippen LogP contribution in [0, 0.1) is 27.7 Å². The lowest BCUT2D eigenvalue weighted by Crippen LogP contribution is -1.76. The molecule has 0 spiro atoms. The Labute approximate surface area is 109 Å². The van der Waals surface area contributed by atoms with Crippen molar-refractivity contribution < 1.29 is 10.2 Å². The summed E-state index contributed by atoms with van der Waals surface area (Å²) in [5.74, 6) is 0.799. The maximum atomic E-state index is 9.21. The number of para-hydroxylation sites is 1. The van der Waals surface area contributed by atoms with Crippen LogP contribution in [0.2, 0.25) is 0 Å². The molecular formula is C16H20O2. The SMILES string of the molecule is Cc1ccc(C)c(O)c1.Cc1cccc(C)c1O. The van der Waals surface area contributed by atoms with Gasteiger partial charge in [0.05, 0.1) is 0 Å². The predicted octanol–water partition coefficient (Wildman–Crippen LogP) is 4.02. The summed E-state index contributed by atoms with van der Waals surface area (Å²) in [5, 5.41) is 18.3. The van der Waals surface area contributed by atoms with Crippen molar-refractivity contribution in [2.75, 3.05) is 0 Å². The monoisotopic (exact) mass is 244 g/mol. The van der Waals surface area contributed by atoms with E-state index in [2.05, 4.69) is 0 Å². The van der Waals surface area contributed by atoms with E-state index in [4.69, 9.17) is 5.11 Å². The number of aromatic hydroxyl groups is 2. The van der Waals surface area contributed by atoms with Gasteiger partial charge in [0.2, 0.25) is 0 Å². The maximum Gasteiger partial charge on any atom is 0.121 e. The van der Waals surface area contributed by atoms with Crippen LogP contribution < -0.4 is 0 Å². The van der Waals surface area contributed by atoms with E-state index in [0.29, 0.717) is 11.5 Å². The highest BCUT2D eigenvalue weighted by Crippen LogP contribution is 2.19. The van der Waals surface area contributed by atoms with E-state index in [1.165, 1.54) is 0 Å². The zero-order valence-corrected chi connectivity index (χ0v) is 11.4. The van der Waals surface area contributed by atoms with Crippen LogP contribution in [0.25, 0.3) is 0 Å². The smallest absolute Gasteiger partial charge is 0.121 e. The van der Waals surface area contributed by atoms with Crippen molar-refractivity contribution in [1.29, 1.82) is 0 Å². The Morgan fingerprint density at radius 1 is 0.722 bits per heavy atom. The fourth-order valence-corrected chi connectivity index (χ4v) is 1.53. The van der Waals surface area contributed by atoms with Gasteiger partial charge in [-0.15, -0.1) is 0 Å². The summed E-state index contributed by atoms with van der Waals surface area (Å²) in [4.78, 5) is 0. The molecule has 2 N–H and O–H groups in total. The van der Waals surface area contributed by atoms with E-state index in [1.54, 1.807) is 6.07 Å². The molecule has 2 rings (SSSR count). The highest BCUT2D eigenvalue weighted by Gasteiger charge is 1.95. The van der Waals surface area contributed by atoms with Gasteiger partial charge in [-0.25, -0.2) is 0 Å². The van der Waals surface area contributed by atoms with E-state index < -0.39 is 0 Å². The quantitative estimate of drug-likeness (QED) is 0.735. The molecule has 0 heterocycles. The molecule has 0 bridgehead atoms. The normalized spacial score (nSPS) is 9.56. The van der Waals surface area contributed by atoms with Gasteiger partial charge < -0.3 is 10.2 Å². The molecule has 0 aliphatic heterocycles. The van der Waals surface area contributed by atoms with Crippen LogP contribution >= 0.6 is 0 Å². The molecule has 96 valence electrons. The molecule has 2 aromatic rings. The number of rotatable bonds is 0. The number of aryl methyl sites for hydroxylation is 4. The molecule has 0 amide bonds. The Balaban J connectivity index is 0.000000180. The average Bonchev–Trinajstić information content (AvgIpc) is 2.32. The third-order valence-corrected chi connectivity index (χ3v) is 2.80. The predicted molar refractivity (Wildman–Crippen MR) is 75.2 cm³/mol. The third-order valence-electron chi connectivity index (χ3n) is 2.80. The molecule has 0 saturated heterocycles. The van der Waals surface area contributed by atoms with Gasteiger partial charge in [-0.05, 0) is 56.0 Å². The Morgan fingerprint density at radius 3 is 1.67 bits per heavy atom. The van der Waals surface area contributed by atoms with E-state index in [9.17, 15) is 5.11 Å². The first-order chi connectivity index (χ1) is 8.41. The van der Waals surface area contributed by atoms with Crippen LogP contribution in [0.5, 0.6) is 11.5 Å². The second-order valence-electron chi connectivity index (χ2n) is 4.53. The van der Waals surface area contributed by atoms with E-state index in [1.807, 2.05) is 58.0 Å². The lowest BCUT2D eigenvalue weighted by atomic mass is 10.1. The number of hydrogen-bond acceptors (Lipinski definition) is 2. The lowest BCUT2D eigenvalue weighted by Gasteiger charge is -1.99. The Kier molecular flexibility index (Phi) is 4.78. The van der Waals surface area contributed by atoms with Crippen molar-refractivity contribution >= 4 is 0 Å². The molecule has 0 atom stereocenters. The van der Waals surface area contributed by atoms with Crippen LogP contribution in [0.15, 0.2) is 36.4 Å². The first-order valence-corrected chi connectivity index (χ1v) is 5.93. The zero-order valence-electron chi connectivity index (χ0n) is 11.4. The van der Waals surface area contributed by atoms with Crippen molar-refractivity contribution in [2.45, 2.75) is 27.7 Å². The van der Waals surface area contributed by atoms with Crippen molar-refractivity contribution in [3.8, 4) is 11.5 Å². The number of phenols is 2. The molecule has 0 radical (unpaired) electrons. The van der Waals surface area contributed by atoms with Gasteiger partial charge in [-0.2, -0.15) is 0 Å². The molecule has 0 aliphatic carbocycles. The minimum Gasteiger partial charge on any atom is -0.508 e. The summed E-state index contributed by atoms with van der Waals surface area (Å²) in [6.45, 7) is 7.62. The minimum absolute atomic E-state index is 0.384. The van der Waals surface area contributed by atoms with Crippen LogP contribution in [-0.4, -0.2) is 10.2 Å². The van der Waals surface area contributed by atoms with Crippen molar-refractivity contribution in [1.82, 2.24) is 0 Å². The van der Waals surface area contributed by atoms with Gasteiger partial charge in [-0.3, -0.25) is 0 Å². The van der Waals surface area contributed by atoms with Gasteiger partial charge >= 0.3 is 0 Å². The summed E-state index contributed by atoms with van der Waals surface area (Å²) in [5.41, 5.74) is 3.91. The van der Waals surface area contributed by atoms with E-state index >= 15 is 0 Å². The zero-order chi connectivity index (χ0) is 13.7. The summed E-state index contributed by atoms with van der Waals surface area (Å²) in [6, 6.07) is 11.4. The molecule has 0 aliphatic rings. The number of benzene rings is 2. The van der Waals surface area contributed by atoms with Crippen molar-refractivity contribution in [3.63, 3.8) is 0 Å². The molecule has 2 aromatic carbocycles. The van der Waals surface area contributed by atoms with Crippen molar-refractivity contribution in [2.24, 2.45) is 0 Å². The second-order valence-corrected chi connectivity index (χ2v) is 4.53. The molecule has 0 aromatic heterocycles. The molecule has 2 heteroatoms. The molecule has 18 heavy (non-hydrogen) atoms. The average molecular weight is 244 g/mol. The van der Waals surface area contributed by atoms with Crippen LogP contribution in [0.4, 0.5) is 0 Å². The summed E-state index contributed by atoms with van der Waals surface area (Å²) in [6.07, 6.45) is 0. The summed E-state index contributed by atoms with van der Waals surface area (Å²) < 4.78 is 0.